The Labute approximate surface area is 100 Å². The van der Waals surface area contributed by atoms with E-state index in [2.05, 4.69) is 20.5 Å². The Morgan fingerprint density at radius 1 is 1.18 bits per heavy atom. The van der Waals surface area contributed by atoms with Crippen LogP contribution >= 0.6 is 0 Å². The smallest absolute Gasteiger partial charge is 0.243 e. The van der Waals surface area contributed by atoms with Crippen LogP contribution in [0.1, 0.15) is 18.2 Å². The molecule has 4 heteroatoms. The fraction of sp³-hybridized carbons (Fsp3) is 0.154. The SMILES string of the molecule is C/C(=N\Nc1nccc(C)n1)c1ccccc1. The number of nitrogens with zero attached hydrogens (tertiary/aromatic N) is 3. The number of aryl methyl sites for hydroxylation is 1. The summed E-state index contributed by atoms with van der Waals surface area (Å²) in [4.78, 5) is 8.29. The number of rotatable bonds is 3. The lowest BCUT2D eigenvalue weighted by Gasteiger charge is -2.02. The van der Waals surface area contributed by atoms with Crippen molar-refractivity contribution in [1.82, 2.24) is 9.97 Å². The van der Waals surface area contributed by atoms with Crippen molar-refractivity contribution in [1.29, 1.82) is 0 Å². The normalized spacial score (nSPS) is 11.3. The van der Waals surface area contributed by atoms with Gasteiger partial charge in [-0.15, -0.1) is 0 Å². The molecule has 1 N–H and O–H groups in total. The predicted molar refractivity (Wildman–Crippen MR) is 69.0 cm³/mol. The molecule has 0 atom stereocenters. The minimum Gasteiger partial charge on any atom is -0.245 e. The predicted octanol–water partition coefficient (Wildman–Crippen LogP) is 2.62. The molecule has 0 bridgehead atoms. The molecule has 0 radical (unpaired) electrons. The minimum absolute atomic E-state index is 0.514. The van der Waals surface area contributed by atoms with Gasteiger partial charge in [0.15, 0.2) is 0 Å². The second kappa shape index (κ2) is 5.21. The van der Waals surface area contributed by atoms with E-state index in [0.717, 1.165) is 17.0 Å². The summed E-state index contributed by atoms with van der Waals surface area (Å²) in [7, 11) is 0. The van der Waals surface area contributed by atoms with E-state index in [-0.39, 0.29) is 0 Å². The molecule has 2 aromatic rings. The summed E-state index contributed by atoms with van der Waals surface area (Å²) in [6.07, 6.45) is 1.71. The van der Waals surface area contributed by atoms with Crippen molar-refractivity contribution in [2.45, 2.75) is 13.8 Å². The molecule has 0 aliphatic carbocycles. The van der Waals surface area contributed by atoms with Crippen molar-refractivity contribution in [2.24, 2.45) is 5.10 Å². The lowest BCUT2D eigenvalue weighted by Crippen LogP contribution is -2.02. The van der Waals surface area contributed by atoms with Crippen molar-refractivity contribution in [3.05, 3.63) is 53.9 Å². The minimum atomic E-state index is 0.514. The van der Waals surface area contributed by atoms with Gasteiger partial charge in [-0.2, -0.15) is 5.10 Å². The van der Waals surface area contributed by atoms with Gasteiger partial charge in [0.05, 0.1) is 5.71 Å². The quantitative estimate of drug-likeness (QED) is 0.646. The van der Waals surface area contributed by atoms with Gasteiger partial charge in [0, 0.05) is 11.9 Å². The third-order valence-electron chi connectivity index (χ3n) is 2.31. The summed E-state index contributed by atoms with van der Waals surface area (Å²) < 4.78 is 0. The molecule has 0 amide bonds. The average Bonchev–Trinajstić information content (AvgIpc) is 2.37. The van der Waals surface area contributed by atoms with Crippen LogP contribution in [-0.4, -0.2) is 15.7 Å². The molecule has 1 aromatic carbocycles. The molecule has 0 saturated heterocycles. The molecule has 1 aromatic heterocycles. The standard InChI is InChI=1S/C13H14N4/c1-10-8-9-14-13(15-10)17-16-11(2)12-6-4-3-5-7-12/h3-9H,1-2H3,(H,14,15,17)/b16-11+. The summed E-state index contributed by atoms with van der Waals surface area (Å²) in [5.74, 6) is 0.514. The number of aromatic nitrogens is 2. The summed E-state index contributed by atoms with van der Waals surface area (Å²) in [5, 5.41) is 4.25. The molecule has 0 saturated carbocycles. The van der Waals surface area contributed by atoms with Crippen LogP contribution in [0.15, 0.2) is 47.7 Å². The maximum atomic E-state index is 4.25. The first-order valence-electron chi connectivity index (χ1n) is 5.41. The monoisotopic (exact) mass is 226 g/mol. The highest BCUT2D eigenvalue weighted by molar-refractivity contribution is 5.98. The lowest BCUT2D eigenvalue weighted by atomic mass is 10.1. The molecule has 17 heavy (non-hydrogen) atoms. The van der Waals surface area contributed by atoms with E-state index in [1.165, 1.54) is 0 Å². The van der Waals surface area contributed by atoms with Gasteiger partial charge in [-0.25, -0.2) is 15.4 Å². The Morgan fingerprint density at radius 3 is 2.65 bits per heavy atom. The van der Waals surface area contributed by atoms with Gasteiger partial charge in [0.1, 0.15) is 0 Å². The lowest BCUT2D eigenvalue weighted by molar-refractivity contribution is 1.07. The fourth-order valence-electron chi connectivity index (χ4n) is 1.38. The van der Waals surface area contributed by atoms with E-state index >= 15 is 0 Å². The number of benzene rings is 1. The summed E-state index contributed by atoms with van der Waals surface area (Å²) in [5.41, 5.74) is 5.74. The van der Waals surface area contributed by atoms with E-state index < -0.39 is 0 Å². The third kappa shape index (κ3) is 3.11. The van der Waals surface area contributed by atoms with Crippen LogP contribution in [0.25, 0.3) is 0 Å². The van der Waals surface area contributed by atoms with E-state index in [9.17, 15) is 0 Å². The van der Waals surface area contributed by atoms with E-state index in [1.54, 1.807) is 6.20 Å². The van der Waals surface area contributed by atoms with Gasteiger partial charge >= 0.3 is 0 Å². The van der Waals surface area contributed by atoms with Crippen LogP contribution in [0.3, 0.4) is 0 Å². The number of hydrogen-bond donors (Lipinski definition) is 1. The molecule has 2 rings (SSSR count). The number of hydrogen-bond acceptors (Lipinski definition) is 4. The Morgan fingerprint density at radius 2 is 1.94 bits per heavy atom. The van der Waals surface area contributed by atoms with E-state index in [1.807, 2.05) is 50.2 Å². The number of hydrazone groups is 1. The number of nitrogens with one attached hydrogen (secondary N) is 1. The van der Waals surface area contributed by atoms with Crippen LogP contribution in [0.5, 0.6) is 0 Å². The summed E-state index contributed by atoms with van der Waals surface area (Å²) in [6, 6.07) is 11.8. The molecule has 4 nitrogen and oxygen atoms in total. The highest BCUT2D eigenvalue weighted by Gasteiger charge is 1.97. The zero-order valence-corrected chi connectivity index (χ0v) is 9.88. The Bertz CT molecular complexity index is 520. The van der Waals surface area contributed by atoms with Crippen molar-refractivity contribution in [3.8, 4) is 0 Å². The summed E-state index contributed by atoms with van der Waals surface area (Å²) >= 11 is 0. The molecular formula is C13H14N4. The third-order valence-corrected chi connectivity index (χ3v) is 2.31. The summed E-state index contributed by atoms with van der Waals surface area (Å²) in [6.45, 7) is 3.86. The van der Waals surface area contributed by atoms with Gasteiger partial charge < -0.3 is 0 Å². The Kier molecular flexibility index (Phi) is 3.45. The van der Waals surface area contributed by atoms with Gasteiger partial charge in [-0.3, -0.25) is 0 Å². The molecular weight excluding hydrogens is 212 g/mol. The first kappa shape index (κ1) is 11.3. The largest absolute Gasteiger partial charge is 0.245 e. The second-order valence-electron chi connectivity index (χ2n) is 3.70. The van der Waals surface area contributed by atoms with Gasteiger partial charge in [0.25, 0.3) is 0 Å². The van der Waals surface area contributed by atoms with Gasteiger partial charge in [0.2, 0.25) is 5.95 Å². The van der Waals surface area contributed by atoms with Gasteiger partial charge in [-0.1, -0.05) is 30.3 Å². The maximum Gasteiger partial charge on any atom is 0.243 e. The van der Waals surface area contributed by atoms with Crippen LogP contribution in [-0.2, 0) is 0 Å². The molecule has 0 spiro atoms. The second-order valence-corrected chi connectivity index (χ2v) is 3.70. The maximum absolute atomic E-state index is 4.25. The Balaban J connectivity index is 2.11. The highest BCUT2D eigenvalue weighted by Crippen LogP contribution is 2.03. The zero-order valence-electron chi connectivity index (χ0n) is 9.88. The Hall–Kier alpha value is -2.23. The van der Waals surface area contributed by atoms with E-state index in [0.29, 0.717) is 5.95 Å². The number of anilines is 1. The van der Waals surface area contributed by atoms with Crippen LogP contribution in [0.4, 0.5) is 5.95 Å². The van der Waals surface area contributed by atoms with Crippen molar-refractivity contribution < 1.29 is 0 Å². The van der Waals surface area contributed by atoms with Crippen molar-refractivity contribution in [2.75, 3.05) is 5.43 Å². The first-order valence-corrected chi connectivity index (χ1v) is 5.41. The highest BCUT2D eigenvalue weighted by atomic mass is 15.3. The van der Waals surface area contributed by atoms with Crippen molar-refractivity contribution in [3.63, 3.8) is 0 Å². The topological polar surface area (TPSA) is 50.2 Å². The van der Waals surface area contributed by atoms with E-state index in [4.69, 9.17) is 0 Å². The van der Waals surface area contributed by atoms with Gasteiger partial charge in [-0.05, 0) is 25.5 Å². The van der Waals surface area contributed by atoms with Crippen LogP contribution in [0.2, 0.25) is 0 Å². The molecule has 1 heterocycles. The molecule has 0 unspecified atom stereocenters. The zero-order chi connectivity index (χ0) is 12.1. The molecule has 0 fully saturated rings. The van der Waals surface area contributed by atoms with Crippen LogP contribution in [0, 0.1) is 6.92 Å². The first-order chi connectivity index (χ1) is 8.25. The average molecular weight is 226 g/mol. The molecule has 86 valence electrons. The molecule has 0 aliphatic heterocycles. The fourth-order valence-corrected chi connectivity index (χ4v) is 1.38. The molecule has 0 aliphatic rings. The van der Waals surface area contributed by atoms with Crippen molar-refractivity contribution >= 4 is 11.7 Å². The van der Waals surface area contributed by atoms with Crippen LogP contribution < -0.4 is 5.43 Å².